The van der Waals surface area contributed by atoms with Gasteiger partial charge in [-0.2, -0.15) is 0 Å². The van der Waals surface area contributed by atoms with E-state index in [-0.39, 0.29) is 6.61 Å². The number of aliphatic hydroxyl groups is 2. The van der Waals surface area contributed by atoms with Gasteiger partial charge in [-0.3, -0.25) is 14.3 Å². The maximum atomic E-state index is 11.5. The first kappa shape index (κ1) is 12.0. The number of H-pyrrole nitrogens is 1. The predicted octanol–water partition coefficient (Wildman–Crippen LogP) is -2.89. The van der Waals surface area contributed by atoms with Crippen LogP contribution in [0.5, 0.6) is 0 Å². The molecule has 4 atom stereocenters. The lowest BCUT2D eigenvalue weighted by atomic mass is 10.1. The van der Waals surface area contributed by atoms with E-state index in [0.29, 0.717) is 0 Å². The molecule has 94 valence electrons. The second kappa shape index (κ2) is 4.41. The third-order valence-electron chi connectivity index (χ3n) is 2.74. The summed E-state index contributed by atoms with van der Waals surface area (Å²) in [6.07, 6.45) is -1.67. The van der Waals surface area contributed by atoms with Gasteiger partial charge in [0.1, 0.15) is 12.2 Å². The summed E-state index contributed by atoms with van der Waals surface area (Å²) in [5.41, 5.74) is 4.38. The highest BCUT2D eigenvalue weighted by Gasteiger charge is 2.42. The van der Waals surface area contributed by atoms with Crippen molar-refractivity contribution in [3.8, 4) is 0 Å². The Morgan fingerprint density at radius 1 is 1.53 bits per heavy atom. The summed E-state index contributed by atoms with van der Waals surface area (Å²) in [6.45, 7) is -0.354. The van der Waals surface area contributed by atoms with Crippen molar-refractivity contribution in [2.45, 2.75) is 24.5 Å². The van der Waals surface area contributed by atoms with Gasteiger partial charge in [0, 0.05) is 12.3 Å². The van der Waals surface area contributed by atoms with Crippen molar-refractivity contribution in [1.29, 1.82) is 0 Å². The number of nitrogens with one attached hydrogen (secondary N) is 1. The number of hydrogen-bond acceptors (Lipinski definition) is 6. The van der Waals surface area contributed by atoms with Crippen molar-refractivity contribution in [2.24, 2.45) is 5.73 Å². The van der Waals surface area contributed by atoms with Crippen LogP contribution >= 0.6 is 0 Å². The summed E-state index contributed by atoms with van der Waals surface area (Å²) in [4.78, 5) is 24.4. The Balaban J connectivity index is 2.35. The molecule has 1 aromatic rings. The molecule has 8 nitrogen and oxygen atoms in total. The Bertz CT molecular complexity index is 510. The summed E-state index contributed by atoms with van der Waals surface area (Å²) >= 11 is 0. The van der Waals surface area contributed by atoms with Gasteiger partial charge in [-0.05, 0) is 0 Å². The molecular formula is C9H13N3O5. The van der Waals surface area contributed by atoms with Crippen molar-refractivity contribution in [3.63, 3.8) is 0 Å². The molecule has 1 saturated heterocycles. The average Bonchev–Trinajstić information content (AvgIpc) is 2.57. The van der Waals surface area contributed by atoms with E-state index in [1.807, 2.05) is 4.98 Å². The fraction of sp³-hybridized carbons (Fsp3) is 0.556. The average molecular weight is 243 g/mol. The number of nitrogens with zero attached hydrogens (tertiary/aromatic N) is 1. The fourth-order valence-corrected chi connectivity index (χ4v) is 1.78. The minimum absolute atomic E-state index is 0.354. The van der Waals surface area contributed by atoms with Crippen molar-refractivity contribution in [3.05, 3.63) is 33.1 Å². The molecular weight excluding hydrogens is 230 g/mol. The molecule has 0 radical (unpaired) electrons. The third kappa shape index (κ3) is 2.03. The zero-order valence-corrected chi connectivity index (χ0v) is 8.81. The van der Waals surface area contributed by atoms with Gasteiger partial charge in [0.25, 0.3) is 5.56 Å². The van der Waals surface area contributed by atoms with Gasteiger partial charge in [0.05, 0.1) is 12.6 Å². The van der Waals surface area contributed by atoms with E-state index in [2.05, 4.69) is 0 Å². The molecule has 0 spiro atoms. The van der Waals surface area contributed by atoms with Crippen LogP contribution in [0.3, 0.4) is 0 Å². The van der Waals surface area contributed by atoms with Gasteiger partial charge >= 0.3 is 5.69 Å². The minimum atomic E-state index is -1.13. The third-order valence-corrected chi connectivity index (χ3v) is 2.74. The van der Waals surface area contributed by atoms with Gasteiger partial charge < -0.3 is 20.7 Å². The highest BCUT2D eigenvalue weighted by molar-refractivity contribution is 4.94. The lowest BCUT2D eigenvalue weighted by Gasteiger charge is -2.16. The van der Waals surface area contributed by atoms with Gasteiger partial charge in [-0.1, -0.05) is 0 Å². The summed E-state index contributed by atoms with van der Waals surface area (Å²) in [6, 6.07) is 0.346. The van der Waals surface area contributed by atoms with Crippen LogP contribution < -0.4 is 17.0 Å². The molecule has 1 aliphatic rings. The Labute approximate surface area is 95.3 Å². The van der Waals surface area contributed by atoms with Crippen LogP contribution in [0.15, 0.2) is 21.9 Å². The van der Waals surface area contributed by atoms with E-state index < -0.39 is 35.7 Å². The Morgan fingerprint density at radius 2 is 2.24 bits per heavy atom. The van der Waals surface area contributed by atoms with E-state index in [0.717, 1.165) is 10.6 Å². The summed E-state index contributed by atoms with van der Waals surface area (Å²) in [5, 5.41) is 18.8. The molecule has 0 amide bonds. The highest BCUT2D eigenvalue weighted by atomic mass is 16.5. The molecule has 2 heterocycles. The summed E-state index contributed by atoms with van der Waals surface area (Å²) < 4.78 is 6.29. The van der Waals surface area contributed by atoms with Crippen LogP contribution in [0.1, 0.15) is 6.23 Å². The lowest BCUT2D eigenvalue weighted by molar-refractivity contribution is -0.0532. The van der Waals surface area contributed by atoms with E-state index in [9.17, 15) is 14.7 Å². The topological polar surface area (TPSA) is 131 Å². The SMILES string of the molecule is NC1[C@@H](CO)O[C@@H](n2ccc(=O)[nH]c2=O)[C@H]1O. The Hall–Kier alpha value is -1.48. The number of aromatic nitrogens is 2. The molecule has 1 aromatic heterocycles. The second-order valence-corrected chi connectivity index (χ2v) is 3.83. The molecule has 17 heavy (non-hydrogen) atoms. The van der Waals surface area contributed by atoms with Crippen LogP contribution in [0, 0.1) is 0 Å². The van der Waals surface area contributed by atoms with Crippen LogP contribution in [-0.2, 0) is 4.74 Å². The van der Waals surface area contributed by atoms with Crippen LogP contribution in [0.25, 0.3) is 0 Å². The summed E-state index contributed by atoms with van der Waals surface area (Å²) in [7, 11) is 0. The molecule has 0 saturated carbocycles. The molecule has 0 aromatic carbocycles. The number of ether oxygens (including phenoxy) is 1. The van der Waals surface area contributed by atoms with Crippen molar-refractivity contribution < 1.29 is 14.9 Å². The van der Waals surface area contributed by atoms with Gasteiger partial charge in [0.2, 0.25) is 0 Å². The number of aromatic amines is 1. The predicted molar refractivity (Wildman–Crippen MR) is 56.3 cm³/mol. The molecule has 0 aliphatic carbocycles. The highest BCUT2D eigenvalue weighted by Crippen LogP contribution is 2.26. The second-order valence-electron chi connectivity index (χ2n) is 3.83. The quantitative estimate of drug-likeness (QED) is 0.441. The molecule has 8 heteroatoms. The fourth-order valence-electron chi connectivity index (χ4n) is 1.78. The van der Waals surface area contributed by atoms with E-state index in [4.69, 9.17) is 15.6 Å². The monoisotopic (exact) mass is 243 g/mol. The molecule has 2 rings (SSSR count). The van der Waals surface area contributed by atoms with Crippen molar-refractivity contribution in [1.82, 2.24) is 9.55 Å². The maximum absolute atomic E-state index is 11.5. The van der Waals surface area contributed by atoms with Crippen LogP contribution in [-0.4, -0.2) is 44.6 Å². The number of hydrogen-bond donors (Lipinski definition) is 4. The largest absolute Gasteiger partial charge is 0.394 e. The first-order valence-electron chi connectivity index (χ1n) is 5.06. The lowest BCUT2D eigenvalue weighted by Crippen LogP contribution is -2.42. The number of nitrogens with two attached hydrogens (primary N) is 1. The minimum Gasteiger partial charge on any atom is -0.394 e. The van der Waals surface area contributed by atoms with E-state index in [1.165, 1.54) is 6.20 Å². The normalized spacial score (nSPS) is 32.9. The van der Waals surface area contributed by atoms with Gasteiger partial charge in [0.15, 0.2) is 6.23 Å². The smallest absolute Gasteiger partial charge is 0.330 e. The van der Waals surface area contributed by atoms with E-state index >= 15 is 0 Å². The molecule has 1 fully saturated rings. The maximum Gasteiger partial charge on any atom is 0.330 e. The first-order chi connectivity index (χ1) is 8.04. The van der Waals surface area contributed by atoms with Crippen molar-refractivity contribution in [2.75, 3.05) is 6.61 Å². The zero-order valence-electron chi connectivity index (χ0n) is 8.81. The van der Waals surface area contributed by atoms with Crippen LogP contribution in [0.4, 0.5) is 0 Å². The number of aliphatic hydroxyl groups excluding tert-OH is 2. The molecule has 5 N–H and O–H groups in total. The van der Waals surface area contributed by atoms with Crippen molar-refractivity contribution >= 4 is 0 Å². The standard InChI is InChI=1S/C9H13N3O5/c10-6-4(3-13)17-8(7(6)15)12-2-1-5(14)11-9(12)16/h1-2,4,6-8,13,15H,3,10H2,(H,11,14,16)/t4-,6?,7+,8-/m1/s1. The number of rotatable bonds is 2. The summed E-state index contributed by atoms with van der Waals surface area (Å²) in [5.74, 6) is 0. The van der Waals surface area contributed by atoms with Crippen LogP contribution in [0.2, 0.25) is 0 Å². The van der Waals surface area contributed by atoms with Gasteiger partial charge in [-0.15, -0.1) is 0 Å². The molecule has 0 bridgehead atoms. The Morgan fingerprint density at radius 3 is 2.76 bits per heavy atom. The zero-order chi connectivity index (χ0) is 12.6. The first-order valence-corrected chi connectivity index (χ1v) is 5.06. The Kier molecular flexibility index (Phi) is 3.11. The van der Waals surface area contributed by atoms with Gasteiger partial charge in [-0.25, -0.2) is 4.79 Å². The molecule has 1 aliphatic heterocycles. The van der Waals surface area contributed by atoms with E-state index in [1.54, 1.807) is 0 Å². The molecule has 1 unspecified atom stereocenters.